The van der Waals surface area contributed by atoms with Crippen molar-refractivity contribution in [2.45, 2.75) is 38.3 Å². The van der Waals surface area contributed by atoms with E-state index in [2.05, 4.69) is 5.32 Å². The highest BCUT2D eigenvalue weighted by Crippen LogP contribution is 2.24. The highest BCUT2D eigenvalue weighted by atomic mass is 16.3. The van der Waals surface area contributed by atoms with Crippen LogP contribution in [0.2, 0.25) is 0 Å². The van der Waals surface area contributed by atoms with Gasteiger partial charge in [0, 0.05) is 13.1 Å². The molecule has 0 heterocycles. The molecule has 21 heavy (non-hydrogen) atoms. The normalized spacial score (nSPS) is 22.2. The van der Waals surface area contributed by atoms with Crippen LogP contribution < -0.4 is 5.32 Å². The summed E-state index contributed by atoms with van der Waals surface area (Å²) in [4.78, 5) is 13.9. The van der Waals surface area contributed by atoms with Gasteiger partial charge < -0.3 is 10.4 Å². The first-order valence-electron chi connectivity index (χ1n) is 7.82. The number of carbonyl (C=O) groups is 1. The Balaban J connectivity index is 1.69. The summed E-state index contributed by atoms with van der Waals surface area (Å²) in [5, 5.41) is 12.9. The largest absolute Gasteiger partial charge is 0.393 e. The van der Waals surface area contributed by atoms with E-state index in [0.29, 0.717) is 19.0 Å². The second-order valence-corrected chi connectivity index (χ2v) is 6.07. The monoisotopic (exact) mass is 290 g/mol. The molecule has 0 aromatic heterocycles. The van der Waals surface area contributed by atoms with Gasteiger partial charge in [0.1, 0.15) is 0 Å². The third-order valence-electron chi connectivity index (χ3n) is 4.16. The van der Waals surface area contributed by atoms with Gasteiger partial charge in [-0.05, 0) is 31.4 Å². The Morgan fingerprint density at radius 3 is 2.71 bits per heavy atom. The van der Waals surface area contributed by atoms with E-state index in [1.165, 1.54) is 6.42 Å². The minimum Gasteiger partial charge on any atom is -0.393 e. The molecule has 2 atom stereocenters. The van der Waals surface area contributed by atoms with Crippen LogP contribution in [0.5, 0.6) is 0 Å². The van der Waals surface area contributed by atoms with Crippen LogP contribution in [-0.2, 0) is 11.3 Å². The molecule has 0 bridgehead atoms. The number of hydrogen-bond donors (Lipinski definition) is 2. The van der Waals surface area contributed by atoms with Gasteiger partial charge >= 0.3 is 0 Å². The molecule has 0 aliphatic heterocycles. The number of likely N-dealkylation sites (N-methyl/N-ethyl adjacent to an activating group) is 1. The van der Waals surface area contributed by atoms with Gasteiger partial charge in [0.2, 0.25) is 5.91 Å². The molecule has 1 aromatic rings. The summed E-state index contributed by atoms with van der Waals surface area (Å²) in [5.74, 6) is 0.345. The molecule has 0 saturated heterocycles. The number of rotatable bonds is 6. The Labute approximate surface area is 127 Å². The van der Waals surface area contributed by atoms with E-state index in [1.807, 2.05) is 42.3 Å². The molecule has 1 fully saturated rings. The molecule has 1 aliphatic carbocycles. The molecule has 1 aromatic carbocycles. The lowest BCUT2D eigenvalue weighted by molar-refractivity contribution is -0.122. The average Bonchev–Trinajstić information content (AvgIpc) is 2.48. The van der Waals surface area contributed by atoms with Gasteiger partial charge in [-0.3, -0.25) is 9.69 Å². The van der Waals surface area contributed by atoms with Crippen LogP contribution in [0.4, 0.5) is 0 Å². The molecule has 0 spiro atoms. The molecule has 1 aliphatic rings. The first-order chi connectivity index (χ1) is 10.1. The van der Waals surface area contributed by atoms with Gasteiger partial charge in [-0.15, -0.1) is 0 Å². The zero-order chi connectivity index (χ0) is 15.1. The van der Waals surface area contributed by atoms with Crippen LogP contribution >= 0.6 is 0 Å². The topological polar surface area (TPSA) is 52.6 Å². The number of nitrogens with zero attached hydrogens (tertiary/aromatic N) is 1. The summed E-state index contributed by atoms with van der Waals surface area (Å²) < 4.78 is 0. The van der Waals surface area contributed by atoms with Gasteiger partial charge in [0.15, 0.2) is 0 Å². The van der Waals surface area contributed by atoms with E-state index in [0.717, 1.165) is 31.4 Å². The van der Waals surface area contributed by atoms with Gasteiger partial charge in [0.05, 0.1) is 12.6 Å². The zero-order valence-corrected chi connectivity index (χ0v) is 12.8. The Morgan fingerprint density at radius 1 is 1.29 bits per heavy atom. The number of benzene rings is 1. The number of carbonyl (C=O) groups excluding carboxylic acids is 1. The minimum atomic E-state index is -0.200. The Hall–Kier alpha value is -1.39. The van der Waals surface area contributed by atoms with Gasteiger partial charge in [-0.1, -0.05) is 43.2 Å². The van der Waals surface area contributed by atoms with E-state index in [4.69, 9.17) is 0 Å². The molecule has 2 unspecified atom stereocenters. The summed E-state index contributed by atoms with van der Waals surface area (Å²) >= 11 is 0. The smallest absolute Gasteiger partial charge is 0.234 e. The van der Waals surface area contributed by atoms with Crippen molar-refractivity contribution in [2.75, 3.05) is 20.1 Å². The summed E-state index contributed by atoms with van der Waals surface area (Å²) in [5.41, 5.74) is 1.11. The molecule has 1 amide bonds. The minimum absolute atomic E-state index is 0.0339. The van der Waals surface area contributed by atoms with Crippen LogP contribution in [0.3, 0.4) is 0 Å². The fourth-order valence-corrected chi connectivity index (χ4v) is 2.96. The summed E-state index contributed by atoms with van der Waals surface area (Å²) in [6, 6.07) is 9.91. The predicted octanol–water partition coefficient (Wildman–Crippen LogP) is 1.79. The number of aliphatic hydroxyl groups excluding tert-OH is 1. The van der Waals surface area contributed by atoms with Crippen LogP contribution in [0.15, 0.2) is 30.3 Å². The maximum absolute atomic E-state index is 11.9. The molecule has 4 heteroatoms. The van der Waals surface area contributed by atoms with Gasteiger partial charge in [-0.2, -0.15) is 0 Å². The lowest BCUT2D eigenvalue weighted by atomic mass is 9.86. The molecule has 2 N–H and O–H groups in total. The standard InChI is InChI=1S/C17H26N2O2/c1-19(12-15-9-5-6-10-16(15)20)13-17(21)18-11-14-7-3-2-4-8-14/h2-4,7-8,15-16,20H,5-6,9-13H2,1H3,(H,18,21). The Bertz CT molecular complexity index is 436. The van der Waals surface area contributed by atoms with E-state index in [-0.39, 0.29) is 12.0 Å². The van der Waals surface area contributed by atoms with Crippen LogP contribution in [0.1, 0.15) is 31.2 Å². The molecule has 2 rings (SSSR count). The first-order valence-corrected chi connectivity index (χ1v) is 7.82. The number of amides is 1. The maximum Gasteiger partial charge on any atom is 0.234 e. The Kier molecular flexibility index (Phi) is 6.21. The Morgan fingerprint density at radius 2 is 2.00 bits per heavy atom. The van der Waals surface area contributed by atoms with E-state index in [9.17, 15) is 9.90 Å². The second-order valence-electron chi connectivity index (χ2n) is 6.07. The van der Waals surface area contributed by atoms with Crippen molar-refractivity contribution >= 4 is 5.91 Å². The second kappa shape index (κ2) is 8.15. The summed E-state index contributed by atoms with van der Waals surface area (Å²) in [6.07, 6.45) is 4.08. The van der Waals surface area contributed by atoms with E-state index in [1.54, 1.807) is 0 Å². The SMILES string of the molecule is CN(CC(=O)NCc1ccccc1)CC1CCCCC1O. The first kappa shape index (κ1) is 16.0. The lowest BCUT2D eigenvalue weighted by Crippen LogP contribution is -2.40. The van der Waals surface area contributed by atoms with Crippen molar-refractivity contribution in [3.05, 3.63) is 35.9 Å². The van der Waals surface area contributed by atoms with Crippen molar-refractivity contribution in [2.24, 2.45) is 5.92 Å². The van der Waals surface area contributed by atoms with Gasteiger partial charge in [-0.25, -0.2) is 0 Å². The van der Waals surface area contributed by atoms with Crippen molar-refractivity contribution in [1.29, 1.82) is 0 Å². The van der Waals surface area contributed by atoms with Crippen molar-refractivity contribution in [3.8, 4) is 0 Å². The molecular weight excluding hydrogens is 264 g/mol. The summed E-state index contributed by atoms with van der Waals surface area (Å²) in [7, 11) is 1.95. The zero-order valence-electron chi connectivity index (χ0n) is 12.8. The summed E-state index contributed by atoms with van der Waals surface area (Å²) in [6.45, 7) is 1.75. The lowest BCUT2D eigenvalue weighted by Gasteiger charge is -2.30. The quantitative estimate of drug-likeness (QED) is 0.840. The fourth-order valence-electron chi connectivity index (χ4n) is 2.96. The fraction of sp³-hybridized carbons (Fsp3) is 0.588. The molecule has 116 valence electrons. The highest BCUT2D eigenvalue weighted by molar-refractivity contribution is 5.77. The van der Waals surface area contributed by atoms with Gasteiger partial charge in [0.25, 0.3) is 0 Å². The van der Waals surface area contributed by atoms with Crippen LogP contribution in [0.25, 0.3) is 0 Å². The molecule has 0 radical (unpaired) electrons. The predicted molar refractivity (Wildman–Crippen MR) is 83.8 cm³/mol. The van der Waals surface area contributed by atoms with Crippen molar-refractivity contribution in [3.63, 3.8) is 0 Å². The van der Waals surface area contributed by atoms with E-state index >= 15 is 0 Å². The highest BCUT2D eigenvalue weighted by Gasteiger charge is 2.24. The van der Waals surface area contributed by atoms with Crippen molar-refractivity contribution < 1.29 is 9.90 Å². The number of aliphatic hydroxyl groups is 1. The average molecular weight is 290 g/mol. The van der Waals surface area contributed by atoms with Crippen LogP contribution in [0, 0.1) is 5.92 Å². The third-order valence-corrected chi connectivity index (χ3v) is 4.16. The van der Waals surface area contributed by atoms with Crippen molar-refractivity contribution in [1.82, 2.24) is 10.2 Å². The third kappa shape index (κ3) is 5.48. The molecular formula is C17H26N2O2. The number of hydrogen-bond acceptors (Lipinski definition) is 3. The maximum atomic E-state index is 11.9. The van der Waals surface area contributed by atoms with Crippen LogP contribution in [-0.4, -0.2) is 42.2 Å². The molecule has 4 nitrogen and oxygen atoms in total. The number of nitrogens with one attached hydrogen (secondary N) is 1. The molecule has 1 saturated carbocycles. The van der Waals surface area contributed by atoms with E-state index < -0.39 is 0 Å².